The van der Waals surface area contributed by atoms with Crippen LogP contribution in [0.15, 0.2) is 53.8 Å². The minimum absolute atomic E-state index is 0.409. The number of aromatic nitrogens is 1. The predicted octanol–water partition coefficient (Wildman–Crippen LogP) is 2.13. The molecule has 23 heavy (non-hydrogen) atoms. The zero-order valence-electron chi connectivity index (χ0n) is 12.8. The SMILES string of the molecule is O/N=C(/c1cccnc1OCc1ccccc1)N1CCOCC1. The lowest BCUT2D eigenvalue weighted by molar-refractivity contribution is 0.0667. The molecule has 6 nitrogen and oxygen atoms in total. The molecule has 0 bridgehead atoms. The smallest absolute Gasteiger partial charge is 0.224 e. The summed E-state index contributed by atoms with van der Waals surface area (Å²) in [5.41, 5.74) is 1.73. The lowest BCUT2D eigenvalue weighted by Gasteiger charge is -2.29. The van der Waals surface area contributed by atoms with E-state index in [0.717, 1.165) is 5.56 Å². The summed E-state index contributed by atoms with van der Waals surface area (Å²) in [6.45, 7) is 2.98. The van der Waals surface area contributed by atoms with E-state index in [9.17, 15) is 5.21 Å². The van der Waals surface area contributed by atoms with Crippen LogP contribution in [-0.2, 0) is 11.3 Å². The van der Waals surface area contributed by atoms with Crippen molar-refractivity contribution in [3.05, 3.63) is 59.8 Å². The third-order valence-electron chi connectivity index (χ3n) is 3.64. The molecule has 1 aromatic carbocycles. The van der Waals surface area contributed by atoms with Crippen molar-refractivity contribution >= 4 is 5.84 Å². The highest BCUT2D eigenvalue weighted by atomic mass is 16.5. The van der Waals surface area contributed by atoms with E-state index >= 15 is 0 Å². The molecule has 1 aromatic heterocycles. The summed E-state index contributed by atoms with van der Waals surface area (Å²) < 4.78 is 11.2. The molecule has 0 spiro atoms. The first-order valence-corrected chi connectivity index (χ1v) is 7.55. The number of ether oxygens (including phenoxy) is 2. The lowest BCUT2D eigenvalue weighted by atomic mass is 10.2. The minimum atomic E-state index is 0.409. The number of oxime groups is 1. The lowest BCUT2D eigenvalue weighted by Crippen LogP contribution is -2.41. The molecule has 1 N–H and O–H groups in total. The highest BCUT2D eigenvalue weighted by Gasteiger charge is 2.21. The summed E-state index contributed by atoms with van der Waals surface area (Å²) >= 11 is 0. The van der Waals surface area contributed by atoms with Gasteiger partial charge in [-0.15, -0.1) is 0 Å². The number of nitrogens with zero attached hydrogens (tertiary/aromatic N) is 3. The zero-order valence-corrected chi connectivity index (χ0v) is 12.8. The maximum Gasteiger partial charge on any atom is 0.224 e. The van der Waals surface area contributed by atoms with Crippen LogP contribution in [0.5, 0.6) is 5.88 Å². The van der Waals surface area contributed by atoms with Crippen molar-refractivity contribution in [3.8, 4) is 5.88 Å². The third kappa shape index (κ3) is 3.78. The Labute approximate surface area is 135 Å². The minimum Gasteiger partial charge on any atom is -0.472 e. The normalized spacial score (nSPS) is 15.5. The van der Waals surface area contributed by atoms with Gasteiger partial charge in [-0.3, -0.25) is 0 Å². The highest BCUT2D eigenvalue weighted by molar-refractivity contribution is 6.00. The van der Waals surface area contributed by atoms with Gasteiger partial charge in [-0.1, -0.05) is 35.5 Å². The summed E-state index contributed by atoms with van der Waals surface area (Å²) in [5.74, 6) is 0.917. The van der Waals surface area contributed by atoms with Gasteiger partial charge in [0.1, 0.15) is 6.61 Å². The Hall–Kier alpha value is -2.60. The van der Waals surface area contributed by atoms with Gasteiger partial charge in [0.25, 0.3) is 0 Å². The van der Waals surface area contributed by atoms with Crippen molar-refractivity contribution < 1.29 is 14.7 Å². The summed E-state index contributed by atoms with van der Waals surface area (Å²) in [4.78, 5) is 6.25. The van der Waals surface area contributed by atoms with Gasteiger partial charge in [0.2, 0.25) is 5.88 Å². The largest absolute Gasteiger partial charge is 0.472 e. The molecule has 0 saturated carbocycles. The Morgan fingerprint density at radius 2 is 1.96 bits per heavy atom. The molecule has 6 heteroatoms. The van der Waals surface area contributed by atoms with Crippen LogP contribution in [0, 0.1) is 0 Å². The number of hydrogen-bond acceptors (Lipinski definition) is 5. The van der Waals surface area contributed by atoms with Crippen molar-refractivity contribution in [2.24, 2.45) is 5.16 Å². The van der Waals surface area contributed by atoms with Gasteiger partial charge >= 0.3 is 0 Å². The van der Waals surface area contributed by atoms with Gasteiger partial charge in [-0.2, -0.15) is 0 Å². The van der Waals surface area contributed by atoms with E-state index in [1.54, 1.807) is 12.3 Å². The van der Waals surface area contributed by atoms with Crippen LogP contribution in [0.3, 0.4) is 0 Å². The Bertz CT molecular complexity index is 655. The van der Waals surface area contributed by atoms with Gasteiger partial charge in [-0.25, -0.2) is 4.98 Å². The van der Waals surface area contributed by atoms with Crippen molar-refractivity contribution in [3.63, 3.8) is 0 Å². The van der Waals surface area contributed by atoms with Gasteiger partial charge in [0, 0.05) is 19.3 Å². The van der Waals surface area contributed by atoms with Crippen LogP contribution in [0.2, 0.25) is 0 Å². The first kappa shape index (κ1) is 15.3. The van der Waals surface area contributed by atoms with Gasteiger partial charge in [0.05, 0.1) is 18.8 Å². The molecule has 0 aliphatic carbocycles. The topological polar surface area (TPSA) is 67.2 Å². The molecule has 0 atom stereocenters. The Morgan fingerprint density at radius 3 is 2.70 bits per heavy atom. The number of morpholine rings is 1. The van der Waals surface area contributed by atoms with Crippen LogP contribution in [-0.4, -0.2) is 47.2 Å². The fraction of sp³-hybridized carbons (Fsp3) is 0.294. The van der Waals surface area contributed by atoms with E-state index in [-0.39, 0.29) is 0 Å². The fourth-order valence-electron chi connectivity index (χ4n) is 2.46. The number of amidine groups is 1. The van der Waals surface area contributed by atoms with E-state index in [4.69, 9.17) is 9.47 Å². The Kier molecular flexibility index (Phi) is 5.06. The van der Waals surface area contributed by atoms with Crippen LogP contribution in [0.25, 0.3) is 0 Å². The van der Waals surface area contributed by atoms with Crippen molar-refractivity contribution in [2.45, 2.75) is 6.61 Å². The van der Waals surface area contributed by atoms with Gasteiger partial charge in [0.15, 0.2) is 5.84 Å². The van der Waals surface area contributed by atoms with Crippen LogP contribution >= 0.6 is 0 Å². The molecular formula is C17H19N3O3. The second-order valence-corrected chi connectivity index (χ2v) is 5.15. The molecule has 1 aliphatic rings. The second kappa shape index (κ2) is 7.60. The van der Waals surface area contributed by atoms with E-state index in [1.165, 1.54) is 0 Å². The molecule has 2 aromatic rings. The maximum atomic E-state index is 9.46. The third-order valence-corrected chi connectivity index (χ3v) is 3.64. The number of hydrogen-bond donors (Lipinski definition) is 1. The predicted molar refractivity (Wildman–Crippen MR) is 85.7 cm³/mol. The van der Waals surface area contributed by atoms with E-state index in [2.05, 4.69) is 10.1 Å². The number of pyridine rings is 1. The first-order valence-electron chi connectivity index (χ1n) is 7.55. The molecule has 120 valence electrons. The fourth-order valence-corrected chi connectivity index (χ4v) is 2.46. The van der Waals surface area contributed by atoms with Gasteiger partial charge < -0.3 is 19.6 Å². The monoisotopic (exact) mass is 313 g/mol. The Balaban J connectivity index is 1.79. The van der Waals surface area contributed by atoms with Crippen molar-refractivity contribution in [1.82, 2.24) is 9.88 Å². The van der Waals surface area contributed by atoms with Gasteiger partial charge in [-0.05, 0) is 17.7 Å². The molecule has 1 saturated heterocycles. The molecule has 1 aliphatic heterocycles. The average Bonchev–Trinajstić information content (AvgIpc) is 2.63. The maximum absolute atomic E-state index is 9.46. The molecular weight excluding hydrogens is 294 g/mol. The molecule has 0 radical (unpaired) electrons. The van der Waals surface area contributed by atoms with Crippen LogP contribution in [0.1, 0.15) is 11.1 Å². The first-order chi connectivity index (χ1) is 11.4. The summed E-state index contributed by atoms with van der Waals surface area (Å²) in [7, 11) is 0. The Morgan fingerprint density at radius 1 is 1.17 bits per heavy atom. The van der Waals surface area contributed by atoms with E-state index < -0.39 is 0 Å². The van der Waals surface area contributed by atoms with E-state index in [0.29, 0.717) is 50.2 Å². The molecule has 1 fully saturated rings. The summed E-state index contributed by atoms with van der Waals surface area (Å²) in [6, 6.07) is 13.5. The molecule has 3 rings (SSSR count). The molecule has 0 unspecified atom stereocenters. The molecule has 0 amide bonds. The number of benzene rings is 1. The van der Waals surface area contributed by atoms with E-state index in [1.807, 2.05) is 41.3 Å². The highest BCUT2D eigenvalue weighted by Crippen LogP contribution is 2.19. The van der Waals surface area contributed by atoms with Crippen molar-refractivity contribution in [2.75, 3.05) is 26.3 Å². The van der Waals surface area contributed by atoms with Crippen molar-refractivity contribution in [1.29, 1.82) is 0 Å². The number of rotatable bonds is 4. The van der Waals surface area contributed by atoms with Crippen LogP contribution < -0.4 is 4.74 Å². The van der Waals surface area contributed by atoms with Crippen LogP contribution in [0.4, 0.5) is 0 Å². The molecule has 2 heterocycles. The average molecular weight is 313 g/mol. The summed E-state index contributed by atoms with van der Waals surface area (Å²) in [5, 5.41) is 12.9. The quantitative estimate of drug-likeness (QED) is 0.405. The second-order valence-electron chi connectivity index (χ2n) is 5.15. The standard InChI is InChI=1S/C17H19N3O3/c21-19-16(20-9-11-22-12-10-20)15-7-4-8-18-17(15)23-13-14-5-2-1-3-6-14/h1-8,21H,9-13H2/b19-16-. The zero-order chi connectivity index (χ0) is 15.9. The summed E-state index contributed by atoms with van der Waals surface area (Å²) in [6.07, 6.45) is 1.66.